The summed E-state index contributed by atoms with van der Waals surface area (Å²) < 4.78 is 1.18. The van der Waals surface area contributed by atoms with E-state index in [1.807, 2.05) is 54.6 Å². The summed E-state index contributed by atoms with van der Waals surface area (Å²) in [6.45, 7) is 1.63. The predicted molar refractivity (Wildman–Crippen MR) is 103 cm³/mol. The molecule has 2 N–H and O–H groups in total. The van der Waals surface area contributed by atoms with Crippen molar-refractivity contribution >= 4 is 22.9 Å². The molecule has 7 heteroatoms. The second-order valence-electron chi connectivity index (χ2n) is 6.14. The minimum atomic E-state index is -0.797. The van der Waals surface area contributed by atoms with Crippen LogP contribution in [0.5, 0.6) is 0 Å². The number of carbonyl (C=O) groups excluding carboxylic acids is 1. The number of nitrogens with one attached hydrogen (secondary N) is 2. The number of aromatic nitrogens is 4. The van der Waals surface area contributed by atoms with Crippen LogP contribution in [0, 0.1) is 0 Å². The van der Waals surface area contributed by atoms with Crippen molar-refractivity contribution < 1.29 is 4.79 Å². The van der Waals surface area contributed by atoms with Crippen molar-refractivity contribution in [1.29, 1.82) is 0 Å². The topological polar surface area (TPSA) is 92.7 Å². The molecule has 0 aliphatic carbocycles. The van der Waals surface area contributed by atoms with Gasteiger partial charge < -0.3 is 4.98 Å². The molecule has 1 unspecified atom stereocenters. The number of carbonyl (C=O) groups is 1. The second-order valence-corrected chi connectivity index (χ2v) is 6.14. The molecule has 134 valence electrons. The Morgan fingerprint density at radius 2 is 1.78 bits per heavy atom. The maximum absolute atomic E-state index is 12.6. The van der Waals surface area contributed by atoms with Crippen LogP contribution in [0.4, 0.5) is 5.95 Å². The van der Waals surface area contributed by atoms with Gasteiger partial charge in [-0.05, 0) is 25.1 Å². The van der Waals surface area contributed by atoms with Gasteiger partial charge in [0.25, 0.3) is 11.5 Å². The maximum Gasteiger partial charge on any atom is 0.267 e. The molecule has 0 saturated carbocycles. The molecule has 4 rings (SSSR count). The normalized spacial score (nSPS) is 12.0. The van der Waals surface area contributed by atoms with Crippen LogP contribution in [0.25, 0.3) is 22.3 Å². The summed E-state index contributed by atoms with van der Waals surface area (Å²) in [7, 11) is 0. The number of nitrogens with zero attached hydrogens (tertiary/aromatic N) is 3. The fourth-order valence-corrected chi connectivity index (χ4v) is 2.81. The maximum atomic E-state index is 12.6. The number of hydrogen-bond acceptors (Lipinski definition) is 4. The summed E-state index contributed by atoms with van der Waals surface area (Å²) in [5.74, 6) is -0.0471. The SMILES string of the molecule is CC(C(=O)Nc1nc2ccccc2[nH]1)n1nc(-c2ccccc2)ccc1=O. The smallest absolute Gasteiger partial charge is 0.267 e. The molecule has 2 heterocycles. The first-order valence-electron chi connectivity index (χ1n) is 8.53. The number of hydrogen-bond donors (Lipinski definition) is 2. The van der Waals surface area contributed by atoms with Gasteiger partial charge in [-0.25, -0.2) is 9.67 Å². The first-order chi connectivity index (χ1) is 13.1. The van der Waals surface area contributed by atoms with E-state index in [1.54, 1.807) is 13.0 Å². The highest BCUT2D eigenvalue weighted by Gasteiger charge is 2.19. The van der Waals surface area contributed by atoms with Crippen LogP contribution in [0.1, 0.15) is 13.0 Å². The third kappa shape index (κ3) is 3.35. The van der Waals surface area contributed by atoms with Crippen LogP contribution in [-0.4, -0.2) is 25.7 Å². The van der Waals surface area contributed by atoms with E-state index in [-0.39, 0.29) is 11.5 Å². The molecule has 2 aromatic heterocycles. The summed E-state index contributed by atoms with van der Waals surface area (Å²) in [6, 6.07) is 19.2. The van der Waals surface area contributed by atoms with Crippen molar-refractivity contribution in [2.45, 2.75) is 13.0 Å². The van der Waals surface area contributed by atoms with E-state index in [9.17, 15) is 9.59 Å². The van der Waals surface area contributed by atoms with E-state index >= 15 is 0 Å². The molecule has 7 nitrogen and oxygen atoms in total. The lowest BCUT2D eigenvalue weighted by atomic mass is 10.1. The molecule has 1 amide bonds. The Labute approximate surface area is 154 Å². The minimum absolute atomic E-state index is 0.334. The van der Waals surface area contributed by atoms with Crippen molar-refractivity contribution in [3.05, 3.63) is 77.1 Å². The number of rotatable bonds is 4. The van der Waals surface area contributed by atoms with Crippen molar-refractivity contribution in [3.8, 4) is 11.3 Å². The lowest BCUT2D eigenvalue weighted by Gasteiger charge is -2.14. The Morgan fingerprint density at radius 1 is 1.04 bits per heavy atom. The van der Waals surface area contributed by atoms with Gasteiger partial charge in [-0.15, -0.1) is 0 Å². The van der Waals surface area contributed by atoms with Crippen molar-refractivity contribution in [3.63, 3.8) is 0 Å². The average molecular weight is 359 g/mol. The van der Waals surface area contributed by atoms with Gasteiger partial charge in [0.2, 0.25) is 5.95 Å². The first-order valence-corrected chi connectivity index (χ1v) is 8.53. The Bertz CT molecular complexity index is 1130. The molecule has 0 aliphatic heterocycles. The lowest BCUT2D eigenvalue weighted by molar-refractivity contribution is -0.119. The lowest BCUT2D eigenvalue weighted by Crippen LogP contribution is -2.33. The Hall–Kier alpha value is -3.74. The molecule has 1 atom stereocenters. The van der Waals surface area contributed by atoms with Gasteiger partial charge in [-0.3, -0.25) is 14.9 Å². The van der Waals surface area contributed by atoms with Crippen LogP contribution < -0.4 is 10.9 Å². The van der Waals surface area contributed by atoms with Gasteiger partial charge in [0.1, 0.15) is 6.04 Å². The van der Waals surface area contributed by atoms with Gasteiger partial charge in [0, 0.05) is 11.6 Å². The summed E-state index contributed by atoms with van der Waals surface area (Å²) in [5.41, 5.74) is 2.72. The number of H-pyrrole nitrogens is 1. The molecule has 0 saturated heterocycles. The van der Waals surface area contributed by atoms with E-state index in [4.69, 9.17) is 0 Å². The van der Waals surface area contributed by atoms with E-state index in [1.165, 1.54) is 10.7 Å². The van der Waals surface area contributed by atoms with Crippen molar-refractivity contribution in [2.24, 2.45) is 0 Å². The molecule has 0 aliphatic rings. The summed E-state index contributed by atoms with van der Waals surface area (Å²) in [4.78, 5) is 32.2. The monoisotopic (exact) mass is 359 g/mol. The van der Waals surface area contributed by atoms with E-state index in [0.29, 0.717) is 11.6 Å². The number of amides is 1. The van der Waals surface area contributed by atoms with Gasteiger partial charge >= 0.3 is 0 Å². The molecule has 0 spiro atoms. The van der Waals surface area contributed by atoms with Crippen molar-refractivity contribution in [1.82, 2.24) is 19.7 Å². The van der Waals surface area contributed by atoms with Crippen LogP contribution in [-0.2, 0) is 4.79 Å². The van der Waals surface area contributed by atoms with E-state index < -0.39 is 6.04 Å². The van der Waals surface area contributed by atoms with Crippen LogP contribution in [0.15, 0.2) is 71.5 Å². The Kier molecular flexibility index (Phi) is 4.25. The fourth-order valence-electron chi connectivity index (χ4n) is 2.81. The van der Waals surface area contributed by atoms with Gasteiger partial charge in [0.15, 0.2) is 0 Å². The average Bonchev–Trinajstić information content (AvgIpc) is 3.10. The third-order valence-electron chi connectivity index (χ3n) is 4.27. The molecule has 0 bridgehead atoms. The summed E-state index contributed by atoms with van der Waals surface area (Å²) in [5, 5.41) is 7.07. The van der Waals surface area contributed by atoms with Crippen molar-refractivity contribution in [2.75, 3.05) is 5.32 Å². The number of benzene rings is 2. The summed E-state index contributed by atoms with van der Waals surface area (Å²) >= 11 is 0. The van der Waals surface area contributed by atoms with Gasteiger partial charge in [0.05, 0.1) is 16.7 Å². The second kappa shape index (κ2) is 6.87. The predicted octanol–water partition coefficient (Wildman–Crippen LogP) is 2.99. The standard InChI is InChI=1S/C20H17N5O2/c1-13(19(27)23-20-21-16-9-5-6-10-17(16)22-20)25-18(26)12-11-15(24-25)14-7-3-2-4-8-14/h2-13H,1H3,(H2,21,22,23,27). The zero-order valence-corrected chi connectivity index (χ0v) is 14.6. The highest BCUT2D eigenvalue weighted by atomic mass is 16.2. The van der Waals surface area contributed by atoms with Crippen LogP contribution in [0.3, 0.4) is 0 Å². The molecule has 0 radical (unpaired) electrons. The number of imidazole rings is 1. The van der Waals surface area contributed by atoms with Crippen LogP contribution >= 0.6 is 0 Å². The third-order valence-corrected chi connectivity index (χ3v) is 4.27. The molecular weight excluding hydrogens is 342 g/mol. The Morgan fingerprint density at radius 3 is 2.56 bits per heavy atom. The van der Waals surface area contributed by atoms with E-state index in [0.717, 1.165) is 16.6 Å². The quantitative estimate of drug-likeness (QED) is 0.586. The van der Waals surface area contributed by atoms with Crippen LogP contribution in [0.2, 0.25) is 0 Å². The number of para-hydroxylation sites is 2. The number of anilines is 1. The highest BCUT2D eigenvalue weighted by Crippen LogP contribution is 2.17. The fraction of sp³-hybridized carbons (Fsp3) is 0.100. The summed E-state index contributed by atoms with van der Waals surface area (Å²) in [6.07, 6.45) is 0. The highest BCUT2D eigenvalue weighted by molar-refractivity contribution is 5.93. The van der Waals surface area contributed by atoms with E-state index in [2.05, 4.69) is 20.4 Å². The molecule has 0 fully saturated rings. The molecule has 2 aromatic carbocycles. The Balaban J connectivity index is 1.60. The number of aromatic amines is 1. The largest absolute Gasteiger partial charge is 0.324 e. The van der Waals surface area contributed by atoms with Gasteiger partial charge in [-0.1, -0.05) is 42.5 Å². The molecule has 27 heavy (non-hydrogen) atoms. The number of fused-ring (bicyclic) bond motifs is 1. The van der Waals surface area contributed by atoms with Gasteiger partial charge in [-0.2, -0.15) is 5.10 Å². The molecular formula is C20H17N5O2. The molecule has 4 aromatic rings. The zero-order valence-electron chi connectivity index (χ0n) is 14.6. The zero-order chi connectivity index (χ0) is 18.8. The minimum Gasteiger partial charge on any atom is -0.324 e. The first kappa shape index (κ1) is 16.7.